The lowest BCUT2D eigenvalue weighted by atomic mass is 10.1. The summed E-state index contributed by atoms with van der Waals surface area (Å²) in [5, 5.41) is 13.0. The Balaban J connectivity index is 1.67. The molecule has 5 nitrogen and oxygen atoms in total. The topological polar surface area (TPSA) is 69.8 Å². The second-order valence-electron chi connectivity index (χ2n) is 4.77. The Morgan fingerprint density at radius 3 is 2.95 bits per heavy atom. The number of fused-ring (bicyclic) bond motifs is 1. The third kappa shape index (κ3) is 2.55. The van der Waals surface area contributed by atoms with Crippen LogP contribution in [0, 0.1) is 5.82 Å². The second-order valence-corrected chi connectivity index (χ2v) is 4.77. The van der Waals surface area contributed by atoms with Crippen LogP contribution in [0.15, 0.2) is 24.3 Å². The number of hydrogen-bond acceptors (Lipinski definition) is 3. The number of aromatic nitrogens is 2. The molecule has 0 saturated carbocycles. The van der Waals surface area contributed by atoms with Crippen LogP contribution in [-0.4, -0.2) is 22.6 Å². The number of rotatable bonds is 3. The van der Waals surface area contributed by atoms with Crippen LogP contribution in [0.5, 0.6) is 0 Å². The minimum absolute atomic E-state index is 0.212. The van der Waals surface area contributed by atoms with E-state index >= 15 is 0 Å². The smallest absolute Gasteiger partial charge is 0.272 e. The second kappa shape index (κ2) is 5.42. The van der Waals surface area contributed by atoms with Gasteiger partial charge in [0.1, 0.15) is 5.82 Å². The number of benzene rings is 1. The fourth-order valence-corrected chi connectivity index (χ4v) is 2.28. The highest BCUT2D eigenvalue weighted by Gasteiger charge is 2.21. The van der Waals surface area contributed by atoms with Gasteiger partial charge in [-0.3, -0.25) is 9.89 Å². The summed E-state index contributed by atoms with van der Waals surface area (Å²) < 4.78 is 12.8. The molecular weight excluding hydrogens is 259 g/mol. The van der Waals surface area contributed by atoms with Crippen molar-refractivity contribution in [3.63, 3.8) is 0 Å². The van der Waals surface area contributed by atoms with Crippen molar-refractivity contribution in [2.75, 3.05) is 6.54 Å². The lowest BCUT2D eigenvalue weighted by Crippen LogP contribution is -2.28. The van der Waals surface area contributed by atoms with Gasteiger partial charge in [0, 0.05) is 37.3 Å². The number of carbonyl (C=O) groups excluding carboxylic acids is 1. The number of carbonyl (C=O) groups is 1. The van der Waals surface area contributed by atoms with Crippen LogP contribution in [0.3, 0.4) is 0 Å². The molecule has 20 heavy (non-hydrogen) atoms. The van der Waals surface area contributed by atoms with Gasteiger partial charge in [-0.05, 0) is 17.7 Å². The third-order valence-corrected chi connectivity index (χ3v) is 3.39. The number of hydrogen-bond donors (Lipinski definition) is 3. The predicted octanol–water partition coefficient (Wildman–Crippen LogP) is 1.12. The van der Waals surface area contributed by atoms with Crippen LogP contribution in [0.1, 0.15) is 27.3 Å². The van der Waals surface area contributed by atoms with E-state index in [2.05, 4.69) is 20.8 Å². The van der Waals surface area contributed by atoms with Crippen molar-refractivity contribution in [3.8, 4) is 0 Å². The van der Waals surface area contributed by atoms with Gasteiger partial charge >= 0.3 is 0 Å². The highest BCUT2D eigenvalue weighted by molar-refractivity contribution is 5.93. The first-order valence-electron chi connectivity index (χ1n) is 6.53. The molecule has 0 spiro atoms. The number of nitrogens with zero attached hydrogens (tertiary/aromatic N) is 1. The first-order chi connectivity index (χ1) is 9.74. The molecule has 3 rings (SSSR count). The van der Waals surface area contributed by atoms with E-state index in [0.29, 0.717) is 18.8 Å². The average molecular weight is 274 g/mol. The van der Waals surface area contributed by atoms with Gasteiger partial charge < -0.3 is 10.6 Å². The van der Waals surface area contributed by atoms with E-state index in [4.69, 9.17) is 0 Å². The predicted molar refractivity (Wildman–Crippen MR) is 71.6 cm³/mol. The molecule has 0 aliphatic carbocycles. The first-order valence-corrected chi connectivity index (χ1v) is 6.53. The van der Waals surface area contributed by atoms with Crippen molar-refractivity contribution in [1.82, 2.24) is 20.8 Å². The summed E-state index contributed by atoms with van der Waals surface area (Å²) in [4.78, 5) is 12.1. The molecule has 0 bridgehead atoms. The fraction of sp³-hybridized carbons (Fsp3) is 0.286. The quantitative estimate of drug-likeness (QED) is 0.785. The monoisotopic (exact) mass is 274 g/mol. The van der Waals surface area contributed by atoms with Crippen LogP contribution in [0.4, 0.5) is 4.39 Å². The molecule has 104 valence electrons. The highest BCUT2D eigenvalue weighted by Crippen LogP contribution is 2.15. The maximum absolute atomic E-state index is 12.8. The molecule has 1 aliphatic rings. The molecule has 0 saturated heterocycles. The molecule has 1 aromatic heterocycles. The largest absolute Gasteiger partial charge is 0.347 e. The molecule has 2 aromatic rings. The lowest BCUT2D eigenvalue weighted by Gasteiger charge is -2.12. The molecule has 0 fully saturated rings. The van der Waals surface area contributed by atoms with Gasteiger partial charge in [-0.25, -0.2) is 4.39 Å². The maximum Gasteiger partial charge on any atom is 0.272 e. The van der Waals surface area contributed by atoms with Crippen LogP contribution in [0.25, 0.3) is 0 Å². The van der Waals surface area contributed by atoms with Crippen LogP contribution in [-0.2, 0) is 19.5 Å². The summed E-state index contributed by atoms with van der Waals surface area (Å²) in [6.07, 6.45) is 0.855. The van der Waals surface area contributed by atoms with E-state index in [0.717, 1.165) is 29.8 Å². The number of H-pyrrole nitrogens is 1. The summed E-state index contributed by atoms with van der Waals surface area (Å²) in [5.41, 5.74) is 3.25. The van der Waals surface area contributed by atoms with Gasteiger partial charge in [0.15, 0.2) is 5.69 Å². The Morgan fingerprint density at radius 2 is 2.15 bits per heavy atom. The Hall–Kier alpha value is -2.21. The van der Waals surface area contributed by atoms with E-state index in [1.165, 1.54) is 12.1 Å². The molecule has 3 N–H and O–H groups in total. The Bertz CT molecular complexity index is 621. The zero-order valence-electron chi connectivity index (χ0n) is 10.9. The summed E-state index contributed by atoms with van der Waals surface area (Å²) in [5.74, 6) is -0.497. The van der Waals surface area contributed by atoms with Gasteiger partial charge in [0.25, 0.3) is 5.91 Å². The van der Waals surface area contributed by atoms with Crippen LogP contribution < -0.4 is 10.6 Å². The highest BCUT2D eigenvalue weighted by atomic mass is 19.1. The summed E-state index contributed by atoms with van der Waals surface area (Å²) in [6, 6.07) is 6.05. The summed E-state index contributed by atoms with van der Waals surface area (Å²) in [7, 11) is 0. The molecule has 2 heterocycles. The Labute approximate surface area is 115 Å². The molecular formula is C14H15FN4O. The van der Waals surface area contributed by atoms with Gasteiger partial charge in [0.2, 0.25) is 0 Å². The van der Waals surface area contributed by atoms with Gasteiger partial charge in [0.05, 0.1) is 0 Å². The molecule has 6 heteroatoms. The first kappa shape index (κ1) is 12.8. The van der Waals surface area contributed by atoms with Crippen molar-refractivity contribution >= 4 is 5.91 Å². The number of aromatic amines is 1. The van der Waals surface area contributed by atoms with Crippen molar-refractivity contribution < 1.29 is 9.18 Å². The maximum atomic E-state index is 12.8. The van der Waals surface area contributed by atoms with E-state index in [9.17, 15) is 9.18 Å². The van der Waals surface area contributed by atoms with Gasteiger partial charge in [-0.2, -0.15) is 5.10 Å². The Kier molecular flexibility index (Phi) is 3.47. The van der Waals surface area contributed by atoms with E-state index in [1.807, 2.05) is 0 Å². The van der Waals surface area contributed by atoms with Crippen molar-refractivity contribution in [1.29, 1.82) is 0 Å². The van der Waals surface area contributed by atoms with Crippen molar-refractivity contribution in [3.05, 3.63) is 52.6 Å². The minimum atomic E-state index is -0.285. The van der Waals surface area contributed by atoms with E-state index in [1.54, 1.807) is 12.1 Å². The van der Waals surface area contributed by atoms with E-state index in [-0.39, 0.29) is 11.7 Å². The summed E-state index contributed by atoms with van der Waals surface area (Å²) >= 11 is 0. The molecule has 0 atom stereocenters. The lowest BCUT2D eigenvalue weighted by molar-refractivity contribution is 0.0944. The van der Waals surface area contributed by atoms with Crippen LogP contribution >= 0.6 is 0 Å². The van der Waals surface area contributed by atoms with Crippen molar-refractivity contribution in [2.45, 2.75) is 19.5 Å². The van der Waals surface area contributed by atoms with Gasteiger partial charge in [-0.15, -0.1) is 0 Å². The fourth-order valence-electron chi connectivity index (χ4n) is 2.28. The third-order valence-electron chi connectivity index (χ3n) is 3.39. The van der Waals surface area contributed by atoms with E-state index < -0.39 is 0 Å². The van der Waals surface area contributed by atoms with Gasteiger partial charge in [-0.1, -0.05) is 12.1 Å². The molecule has 1 aromatic carbocycles. The minimum Gasteiger partial charge on any atom is -0.347 e. The SMILES string of the molecule is O=C(NCc1ccc(F)cc1)c1n[nH]c2c1CNCC2. The zero-order valence-corrected chi connectivity index (χ0v) is 10.9. The zero-order chi connectivity index (χ0) is 13.9. The number of nitrogens with one attached hydrogen (secondary N) is 3. The average Bonchev–Trinajstić information content (AvgIpc) is 2.90. The molecule has 0 radical (unpaired) electrons. The number of halogens is 1. The van der Waals surface area contributed by atoms with Crippen LogP contribution in [0.2, 0.25) is 0 Å². The molecule has 1 amide bonds. The normalized spacial score (nSPS) is 13.8. The standard InChI is InChI=1S/C14H15FN4O/c15-10-3-1-9(2-4-10)7-17-14(20)13-11-8-16-6-5-12(11)18-19-13/h1-4,16H,5-8H2,(H,17,20)(H,18,19). The Morgan fingerprint density at radius 1 is 1.35 bits per heavy atom. The number of amides is 1. The van der Waals surface area contributed by atoms with Crippen molar-refractivity contribution in [2.24, 2.45) is 0 Å². The molecule has 1 aliphatic heterocycles. The summed E-state index contributed by atoms with van der Waals surface area (Å²) in [6.45, 7) is 1.91. The molecule has 0 unspecified atom stereocenters.